The summed E-state index contributed by atoms with van der Waals surface area (Å²) in [6, 6.07) is 21.8. The molecule has 1 aromatic heterocycles. The summed E-state index contributed by atoms with van der Waals surface area (Å²) < 4.78 is 0. The molecule has 0 spiro atoms. The molecule has 5 rings (SSSR count). The lowest BCUT2D eigenvalue weighted by molar-refractivity contribution is -0.387. The molecule has 0 fully saturated rings. The Hall–Kier alpha value is -3.91. The number of hydrogen-bond acceptors (Lipinski definition) is 6. The van der Waals surface area contributed by atoms with E-state index in [1.165, 1.54) is 17.8 Å². The molecule has 0 aliphatic carbocycles. The topological polar surface area (TPSA) is 97.2 Å². The number of benzene rings is 3. The van der Waals surface area contributed by atoms with Gasteiger partial charge in [0.25, 0.3) is 11.6 Å². The molecule has 1 aliphatic rings. The van der Waals surface area contributed by atoms with Crippen LogP contribution in [0.2, 0.25) is 0 Å². The molecule has 1 aliphatic heterocycles. The summed E-state index contributed by atoms with van der Waals surface area (Å²) in [6.45, 7) is 0. The van der Waals surface area contributed by atoms with E-state index in [9.17, 15) is 14.9 Å². The first-order valence-electron chi connectivity index (χ1n) is 9.56. The number of anilines is 1. The van der Waals surface area contributed by atoms with E-state index >= 15 is 0 Å². The van der Waals surface area contributed by atoms with Gasteiger partial charge in [-0.3, -0.25) is 19.9 Å². The molecular weight excluding hydrogens is 412 g/mol. The van der Waals surface area contributed by atoms with Crippen molar-refractivity contribution < 1.29 is 9.72 Å². The second-order valence-electron chi connectivity index (χ2n) is 7.01. The van der Waals surface area contributed by atoms with Crippen LogP contribution in [0, 0.1) is 10.1 Å². The summed E-state index contributed by atoms with van der Waals surface area (Å²) in [7, 11) is 0. The zero-order valence-electron chi connectivity index (χ0n) is 16.1. The average molecular weight is 428 g/mol. The molecule has 8 heteroatoms. The van der Waals surface area contributed by atoms with E-state index in [2.05, 4.69) is 15.6 Å². The molecular formula is C23H16N4O3S. The van der Waals surface area contributed by atoms with Crippen LogP contribution in [-0.4, -0.2) is 15.8 Å². The van der Waals surface area contributed by atoms with E-state index in [4.69, 9.17) is 0 Å². The van der Waals surface area contributed by atoms with Crippen molar-refractivity contribution in [1.29, 1.82) is 0 Å². The molecule has 0 saturated carbocycles. The molecule has 1 atom stereocenters. The normalized spacial score (nSPS) is 15.1. The highest BCUT2D eigenvalue weighted by Crippen LogP contribution is 2.39. The standard InChI is InChI=1S/C23H16N4O3S/c28-23-16-7-1-2-8-17(16)25-22(26-23)15-10-11-19(18(13-15)27(29)30)31-20-9-3-5-14-6-4-12-24-21(14)20/h1-13,22,25H,(H,26,28)/t22-/m1/s1. The first-order chi connectivity index (χ1) is 15.1. The Bertz CT molecular complexity index is 1340. The van der Waals surface area contributed by atoms with E-state index in [0.29, 0.717) is 21.7 Å². The predicted octanol–water partition coefficient (Wildman–Crippen LogP) is 5.15. The van der Waals surface area contributed by atoms with Gasteiger partial charge < -0.3 is 10.6 Å². The van der Waals surface area contributed by atoms with Gasteiger partial charge in [-0.25, -0.2) is 0 Å². The van der Waals surface area contributed by atoms with Gasteiger partial charge in [-0.15, -0.1) is 0 Å². The summed E-state index contributed by atoms with van der Waals surface area (Å²) >= 11 is 1.30. The van der Waals surface area contributed by atoms with E-state index in [1.54, 1.807) is 30.5 Å². The van der Waals surface area contributed by atoms with Crippen LogP contribution in [0.3, 0.4) is 0 Å². The Morgan fingerprint density at radius 3 is 2.65 bits per heavy atom. The fraction of sp³-hybridized carbons (Fsp3) is 0.0435. The lowest BCUT2D eigenvalue weighted by atomic mass is 10.1. The Labute approximate surface area is 181 Å². The fourth-order valence-corrected chi connectivity index (χ4v) is 4.62. The van der Waals surface area contributed by atoms with Crippen LogP contribution in [0.1, 0.15) is 22.1 Å². The van der Waals surface area contributed by atoms with Crippen molar-refractivity contribution in [1.82, 2.24) is 10.3 Å². The summed E-state index contributed by atoms with van der Waals surface area (Å²) in [5, 5.41) is 18.9. The van der Waals surface area contributed by atoms with Crippen LogP contribution in [0.25, 0.3) is 10.9 Å². The zero-order valence-corrected chi connectivity index (χ0v) is 16.9. The number of fused-ring (bicyclic) bond motifs is 2. The summed E-state index contributed by atoms with van der Waals surface area (Å²) in [5.74, 6) is -0.220. The molecule has 0 radical (unpaired) electrons. The number of aromatic nitrogens is 1. The van der Waals surface area contributed by atoms with Crippen molar-refractivity contribution in [3.63, 3.8) is 0 Å². The van der Waals surface area contributed by atoms with Crippen LogP contribution in [-0.2, 0) is 0 Å². The molecule has 0 bridgehead atoms. The summed E-state index contributed by atoms with van der Waals surface area (Å²) in [5.41, 5.74) is 2.62. The molecule has 0 unspecified atom stereocenters. The minimum absolute atomic E-state index is 0.0228. The van der Waals surface area contributed by atoms with Gasteiger partial charge in [0, 0.05) is 33.8 Å². The van der Waals surface area contributed by atoms with Crippen molar-refractivity contribution >= 4 is 39.9 Å². The molecule has 0 saturated heterocycles. The minimum Gasteiger partial charge on any atom is -0.361 e. The number of nitro benzene ring substituents is 1. The number of nitrogens with one attached hydrogen (secondary N) is 2. The van der Waals surface area contributed by atoms with Gasteiger partial charge in [-0.1, -0.05) is 48.2 Å². The summed E-state index contributed by atoms with van der Waals surface area (Å²) in [4.78, 5) is 29.6. The Morgan fingerprint density at radius 1 is 0.935 bits per heavy atom. The number of amides is 1. The lowest BCUT2D eigenvalue weighted by Crippen LogP contribution is -2.38. The third kappa shape index (κ3) is 3.57. The minimum atomic E-state index is -0.556. The van der Waals surface area contributed by atoms with Crippen LogP contribution >= 0.6 is 11.8 Å². The van der Waals surface area contributed by atoms with Gasteiger partial charge in [-0.05, 0) is 30.3 Å². The van der Waals surface area contributed by atoms with Gasteiger partial charge in [0.2, 0.25) is 0 Å². The zero-order chi connectivity index (χ0) is 21.4. The molecule has 3 aromatic carbocycles. The maximum atomic E-state index is 12.4. The second kappa shape index (κ2) is 7.73. The van der Waals surface area contributed by atoms with Crippen molar-refractivity contribution in [3.8, 4) is 0 Å². The quantitative estimate of drug-likeness (QED) is 0.345. The lowest BCUT2D eigenvalue weighted by Gasteiger charge is -2.28. The maximum absolute atomic E-state index is 12.4. The second-order valence-corrected chi connectivity index (χ2v) is 8.10. The van der Waals surface area contributed by atoms with E-state index < -0.39 is 11.1 Å². The van der Waals surface area contributed by atoms with Crippen LogP contribution in [0.4, 0.5) is 11.4 Å². The highest BCUT2D eigenvalue weighted by Gasteiger charge is 2.26. The first kappa shape index (κ1) is 19.1. The summed E-state index contributed by atoms with van der Waals surface area (Å²) in [6.07, 6.45) is 1.15. The number of rotatable bonds is 4. The van der Waals surface area contributed by atoms with E-state index in [1.807, 2.05) is 42.5 Å². The van der Waals surface area contributed by atoms with Crippen molar-refractivity contribution in [2.75, 3.05) is 5.32 Å². The smallest absolute Gasteiger partial charge is 0.283 e. The van der Waals surface area contributed by atoms with Gasteiger partial charge in [0.15, 0.2) is 0 Å². The van der Waals surface area contributed by atoms with Gasteiger partial charge in [0.1, 0.15) is 6.17 Å². The number of hydrogen-bond donors (Lipinski definition) is 2. The predicted molar refractivity (Wildman–Crippen MR) is 119 cm³/mol. The van der Waals surface area contributed by atoms with Crippen LogP contribution < -0.4 is 10.6 Å². The maximum Gasteiger partial charge on any atom is 0.283 e. The highest BCUT2D eigenvalue weighted by atomic mass is 32.2. The SMILES string of the molecule is O=C1N[C@H](c2ccc(Sc3cccc4cccnc34)c([N+](=O)[O-])c2)Nc2ccccc21. The molecule has 31 heavy (non-hydrogen) atoms. The molecule has 2 heterocycles. The third-order valence-corrected chi connectivity index (χ3v) is 6.19. The molecule has 2 N–H and O–H groups in total. The van der Waals surface area contributed by atoms with Crippen molar-refractivity contribution in [2.24, 2.45) is 0 Å². The number of pyridine rings is 1. The average Bonchev–Trinajstić information content (AvgIpc) is 2.79. The van der Waals surface area contributed by atoms with Crippen LogP contribution in [0.15, 0.2) is 88.8 Å². The molecule has 1 amide bonds. The highest BCUT2D eigenvalue weighted by molar-refractivity contribution is 7.99. The number of para-hydroxylation sites is 2. The number of nitro groups is 1. The van der Waals surface area contributed by atoms with Crippen LogP contribution in [0.5, 0.6) is 0 Å². The van der Waals surface area contributed by atoms with Gasteiger partial charge >= 0.3 is 0 Å². The monoisotopic (exact) mass is 428 g/mol. The van der Waals surface area contributed by atoms with Crippen molar-refractivity contribution in [3.05, 3.63) is 100 Å². The first-order valence-corrected chi connectivity index (χ1v) is 10.4. The number of carbonyl (C=O) groups is 1. The van der Waals surface area contributed by atoms with E-state index in [0.717, 1.165) is 15.8 Å². The fourth-order valence-electron chi connectivity index (χ4n) is 3.59. The van der Waals surface area contributed by atoms with E-state index in [-0.39, 0.29) is 11.6 Å². The molecule has 7 nitrogen and oxygen atoms in total. The Kier molecular flexibility index (Phi) is 4.76. The molecule has 152 valence electrons. The van der Waals surface area contributed by atoms with Gasteiger partial charge in [0.05, 0.1) is 20.9 Å². The molecule has 4 aromatic rings. The third-order valence-electron chi connectivity index (χ3n) is 5.08. The number of carbonyl (C=O) groups excluding carboxylic acids is 1. The van der Waals surface area contributed by atoms with Gasteiger partial charge in [-0.2, -0.15) is 0 Å². The number of nitrogens with zero attached hydrogens (tertiary/aromatic N) is 2. The Morgan fingerprint density at radius 2 is 1.77 bits per heavy atom. The van der Waals surface area contributed by atoms with Crippen molar-refractivity contribution in [2.45, 2.75) is 16.0 Å². The largest absolute Gasteiger partial charge is 0.361 e. The Balaban J connectivity index is 1.50.